The predicted molar refractivity (Wildman–Crippen MR) is 153 cm³/mol. The molecule has 10 N–H and O–H groups in total. The monoisotopic (exact) mass is 571 g/mol. The van der Waals surface area contributed by atoms with Crippen LogP contribution in [0.3, 0.4) is 0 Å². The zero-order chi connectivity index (χ0) is 30.5. The molecule has 2 aromatic carbocycles. The van der Waals surface area contributed by atoms with E-state index in [1.807, 2.05) is 0 Å². The average Bonchev–Trinajstić information content (AvgIpc) is 2.93. The van der Waals surface area contributed by atoms with E-state index in [0.29, 0.717) is 30.5 Å². The molecule has 12 heteroatoms. The number of rotatable bonds is 16. The molecule has 0 aliphatic carbocycles. The normalized spacial score (nSPS) is 14.0. The summed E-state index contributed by atoms with van der Waals surface area (Å²) in [5.41, 5.74) is 12.7. The van der Waals surface area contributed by atoms with Crippen molar-refractivity contribution < 1.29 is 34.5 Å². The van der Waals surface area contributed by atoms with Gasteiger partial charge >= 0.3 is 5.97 Å². The Labute approximate surface area is 239 Å². The van der Waals surface area contributed by atoms with Crippen molar-refractivity contribution in [1.82, 2.24) is 16.0 Å². The quantitative estimate of drug-likeness (QED) is 0.132. The molecule has 0 aliphatic rings. The molecule has 2 aromatic rings. The molecule has 0 heterocycles. The molecular weight excluding hydrogens is 530 g/mol. The minimum absolute atomic E-state index is 0.0155. The highest BCUT2D eigenvalue weighted by atomic mass is 16.4. The summed E-state index contributed by atoms with van der Waals surface area (Å²) in [4.78, 5) is 51.5. The van der Waals surface area contributed by atoms with E-state index >= 15 is 0 Å². The van der Waals surface area contributed by atoms with Gasteiger partial charge in [0.1, 0.15) is 29.6 Å². The Kier molecular flexibility index (Phi) is 13.0. The van der Waals surface area contributed by atoms with Crippen molar-refractivity contribution in [2.24, 2.45) is 17.4 Å². The summed E-state index contributed by atoms with van der Waals surface area (Å²) < 4.78 is 0. The van der Waals surface area contributed by atoms with E-state index in [0.717, 1.165) is 0 Å². The molecule has 2 rings (SSSR count). The summed E-state index contributed by atoms with van der Waals surface area (Å²) in [5.74, 6) is -3.30. The lowest BCUT2D eigenvalue weighted by Crippen LogP contribution is -2.58. The highest BCUT2D eigenvalue weighted by Crippen LogP contribution is 2.14. The van der Waals surface area contributed by atoms with E-state index in [4.69, 9.17) is 11.5 Å². The maximum Gasteiger partial charge on any atom is 0.326 e. The molecule has 0 saturated carbocycles. The fourth-order valence-corrected chi connectivity index (χ4v) is 4.02. The number of carbonyl (C=O) groups excluding carboxylic acids is 3. The maximum atomic E-state index is 13.4. The number of phenols is 2. The highest BCUT2D eigenvalue weighted by Gasteiger charge is 2.31. The molecule has 3 amide bonds. The second-order valence-electron chi connectivity index (χ2n) is 10.3. The molecule has 12 nitrogen and oxygen atoms in total. The van der Waals surface area contributed by atoms with Gasteiger partial charge < -0.3 is 42.7 Å². The van der Waals surface area contributed by atoms with Crippen LogP contribution in [0.2, 0.25) is 0 Å². The molecule has 0 radical (unpaired) electrons. The lowest BCUT2D eigenvalue weighted by molar-refractivity contribution is -0.142. The van der Waals surface area contributed by atoms with Crippen LogP contribution in [-0.2, 0) is 32.0 Å². The van der Waals surface area contributed by atoms with Gasteiger partial charge in [-0.05, 0) is 67.1 Å². The number of hydrogen-bond acceptors (Lipinski definition) is 8. The molecular formula is C29H41N5O7. The first kappa shape index (κ1) is 33.0. The van der Waals surface area contributed by atoms with Crippen LogP contribution in [0, 0.1) is 5.92 Å². The van der Waals surface area contributed by atoms with Gasteiger partial charge in [-0.25, -0.2) is 4.79 Å². The number of phenolic OH excluding ortho intramolecular Hbond substituents is 2. The van der Waals surface area contributed by atoms with Gasteiger partial charge in [-0.1, -0.05) is 38.1 Å². The third kappa shape index (κ3) is 11.1. The number of carboxylic acids is 1. The van der Waals surface area contributed by atoms with Crippen LogP contribution in [0.15, 0.2) is 48.5 Å². The van der Waals surface area contributed by atoms with Gasteiger partial charge in [0.05, 0.1) is 6.04 Å². The number of benzene rings is 2. The summed E-state index contributed by atoms with van der Waals surface area (Å²) in [6.07, 6.45) is 1.33. The molecule has 41 heavy (non-hydrogen) atoms. The number of aromatic hydroxyl groups is 2. The average molecular weight is 572 g/mol. The Morgan fingerprint density at radius 1 is 0.707 bits per heavy atom. The van der Waals surface area contributed by atoms with Gasteiger partial charge in [-0.3, -0.25) is 14.4 Å². The fraction of sp³-hybridized carbons (Fsp3) is 0.448. The number of unbranched alkanes of at least 4 members (excludes halogenated alkanes) is 1. The first-order valence-electron chi connectivity index (χ1n) is 13.6. The number of aliphatic carboxylic acids is 1. The van der Waals surface area contributed by atoms with Crippen molar-refractivity contribution in [3.05, 3.63) is 59.7 Å². The third-order valence-corrected chi connectivity index (χ3v) is 6.60. The van der Waals surface area contributed by atoms with Crippen LogP contribution in [0.4, 0.5) is 0 Å². The summed E-state index contributed by atoms with van der Waals surface area (Å²) in [6, 6.07) is 7.56. The predicted octanol–water partition coefficient (Wildman–Crippen LogP) is 0.534. The number of carboxylic acid groups (broad SMARTS) is 1. The van der Waals surface area contributed by atoms with Crippen LogP contribution in [0.5, 0.6) is 11.5 Å². The van der Waals surface area contributed by atoms with Crippen molar-refractivity contribution in [1.29, 1.82) is 0 Å². The zero-order valence-corrected chi connectivity index (χ0v) is 23.4. The number of hydrogen-bond donors (Lipinski definition) is 8. The van der Waals surface area contributed by atoms with E-state index in [2.05, 4.69) is 16.0 Å². The highest BCUT2D eigenvalue weighted by molar-refractivity contribution is 5.94. The van der Waals surface area contributed by atoms with Crippen LogP contribution >= 0.6 is 0 Å². The second kappa shape index (κ2) is 16.2. The maximum absolute atomic E-state index is 13.4. The van der Waals surface area contributed by atoms with Crippen molar-refractivity contribution >= 4 is 23.7 Å². The molecule has 0 spiro atoms. The SMILES string of the molecule is CC(C)C(N)C(=O)NC(CCCCN)C(=O)NC(Cc1ccc(O)cc1)C(=O)NC(Cc1ccc(O)cc1)C(=O)O. The third-order valence-electron chi connectivity index (χ3n) is 6.60. The molecule has 224 valence electrons. The zero-order valence-electron chi connectivity index (χ0n) is 23.4. The summed E-state index contributed by atoms with van der Waals surface area (Å²) in [5, 5.41) is 36.8. The number of carbonyl (C=O) groups is 4. The fourth-order valence-electron chi connectivity index (χ4n) is 4.02. The number of amides is 3. The lowest BCUT2D eigenvalue weighted by atomic mass is 10.0. The Balaban J connectivity index is 2.28. The van der Waals surface area contributed by atoms with E-state index < -0.39 is 47.9 Å². The van der Waals surface area contributed by atoms with Crippen molar-refractivity contribution in [3.8, 4) is 11.5 Å². The largest absolute Gasteiger partial charge is 0.508 e. The summed E-state index contributed by atoms with van der Waals surface area (Å²) in [6.45, 7) is 3.96. The van der Waals surface area contributed by atoms with Crippen LogP contribution in [0.25, 0.3) is 0 Å². The van der Waals surface area contributed by atoms with Gasteiger partial charge in [0.2, 0.25) is 17.7 Å². The Hall–Kier alpha value is -4.16. The Morgan fingerprint density at radius 3 is 1.61 bits per heavy atom. The topological polar surface area (TPSA) is 217 Å². The first-order chi connectivity index (χ1) is 19.4. The summed E-state index contributed by atoms with van der Waals surface area (Å²) in [7, 11) is 0. The van der Waals surface area contributed by atoms with E-state index in [1.165, 1.54) is 24.3 Å². The van der Waals surface area contributed by atoms with Gasteiger partial charge in [-0.2, -0.15) is 0 Å². The Morgan fingerprint density at radius 2 is 1.15 bits per heavy atom. The lowest BCUT2D eigenvalue weighted by Gasteiger charge is -2.26. The van der Waals surface area contributed by atoms with E-state index in [9.17, 15) is 34.5 Å². The molecule has 0 fully saturated rings. The first-order valence-corrected chi connectivity index (χ1v) is 13.6. The van der Waals surface area contributed by atoms with Crippen molar-refractivity contribution in [2.45, 2.75) is 70.1 Å². The Bertz CT molecular complexity index is 1160. The number of nitrogens with two attached hydrogens (primary N) is 2. The van der Waals surface area contributed by atoms with Crippen LogP contribution in [0.1, 0.15) is 44.2 Å². The van der Waals surface area contributed by atoms with E-state index in [-0.39, 0.29) is 36.7 Å². The number of nitrogens with one attached hydrogen (secondary N) is 3. The minimum atomic E-state index is -1.32. The minimum Gasteiger partial charge on any atom is -0.508 e. The van der Waals surface area contributed by atoms with Crippen LogP contribution in [-0.4, -0.2) is 69.7 Å². The van der Waals surface area contributed by atoms with Gasteiger partial charge in [-0.15, -0.1) is 0 Å². The summed E-state index contributed by atoms with van der Waals surface area (Å²) >= 11 is 0. The smallest absolute Gasteiger partial charge is 0.326 e. The van der Waals surface area contributed by atoms with Gasteiger partial charge in [0, 0.05) is 12.8 Å². The molecule has 4 atom stereocenters. The second-order valence-corrected chi connectivity index (χ2v) is 10.3. The van der Waals surface area contributed by atoms with Crippen molar-refractivity contribution in [3.63, 3.8) is 0 Å². The van der Waals surface area contributed by atoms with Gasteiger partial charge in [0.15, 0.2) is 0 Å². The molecule has 4 unspecified atom stereocenters. The standard InChI is InChI=1S/C29H41N5O7/c1-17(2)25(31)28(39)32-22(5-3-4-14-30)26(37)33-23(15-18-6-10-20(35)11-7-18)27(38)34-24(29(40)41)16-19-8-12-21(36)13-9-19/h6-13,17,22-25,35-36H,3-5,14-16,30-31H2,1-2H3,(H,32,39)(H,33,37)(H,34,38)(H,40,41). The molecule has 0 bridgehead atoms. The van der Waals surface area contributed by atoms with Crippen LogP contribution < -0.4 is 27.4 Å². The van der Waals surface area contributed by atoms with Crippen molar-refractivity contribution in [2.75, 3.05) is 6.54 Å². The molecule has 0 aliphatic heterocycles. The molecule has 0 saturated heterocycles. The van der Waals surface area contributed by atoms with E-state index in [1.54, 1.807) is 38.1 Å². The van der Waals surface area contributed by atoms with Gasteiger partial charge in [0.25, 0.3) is 0 Å². The molecule has 0 aromatic heterocycles.